The van der Waals surface area contributed by atoms with Crippen molar-refractivity contribution in [2.75, 3.05) is 0 Å². The van der Waals surface area contributed by atoms with Gasteiger partial charge in [0.25, 0.3) is 0 Å². The Bertz CT molecular complexity index is 731. The molecule has 0 fully saturated rings. The number of halogens is 11. The van der Waals surface area contributed by atoms with Gasteiger partial charge in [0.2, 0.25) is 0 Å². The number of hydrogen-bond acceptors (Lipinski definition) is 5. The van der Waals surface area contributed by atoms with Gasteiger partial charge >= 0.3 is 36.2 Å². The summed E-state index contributed by atoms with van der Waals surface area (Å²) in [7, 11) is 0. The summed E-state index contributed by atoms with van der Waals surface area (Å²) in [4.78, 5) is 11.3. The van der Waals surface area contributed by atoms with Gasteiger partial charge in [-0.1, -0.05) is 0 Å². The largest absolute Gasteiger partial charge is 0.595 e. The number of ether oxygens (including phenoxy) is 2. The third kappa shape index (κ3) is 4.85. The molecular weight excluding hydrogens is 447 g/mol. The molecule has 1 rings (SSSR count). The van der Waals surface area contributed by atoms with Gasteiger partial charge in [0.05, 0.1) is 0 Å². The van der Waals surface area contributed by atoms with Gasteiger partial charge < -0.3 is 9.94 Å². The second-order valence-corrected chi connectivity index (χ2v) is 5.00. The number of esters is 1. The lowest BCUT2D eigenvalue weighted by Gasteiger charge is -2.33. The summed E-state index contributed by atoms with van der Waals surface area (Å²) in [6, 6.07) is 2.04. The van der Waals surface area contributed by atoms with E-state index in [1.54, 1.807) is 0 Å². The van der Waals surface area contributed by atoms with Crippen molar-refractivity contribution < 1.29 is 73.0 Å². The molecule has 29 heavy (non-hydrogen) atoms. The highest BCUT2D eigenvalue weighted by molar-refractivity contribution is 5.81. The van der Waals surface area contributed by atoms with Crippen molar-refractivity contribution in [3.8, 4) is 5.75 Å². The molecule has 2 N–H and O–H groups in total. The van der Waals surface area contributed by atoms with Crippen LogP contribution in [0, 0.1) is 5.21 Å². The van der Waals surface area contributed by atoms with Crippen LogP contribution in [0.5, 0.6) is 5.75 Å². The first-order valence-corrected chi connectivity index (χ1v) is 6.60. The number of carbonyl (C=O) groups excluding carboxylic acids is 1. The van der Waals surface area contributed by atoms with Gasteiger partial charge in [-0.25, -0.2) is 10.0 Å². The van der Waals surface area contributed by atoms with Gasteiger partial charge in [0.1, 0.15) is 5.75 Å². The lowest BCUT2D eigenvalue weighted by atomic mass is 10.2. The number of alkyl halides is 11. The second kappa shape index (κ2) is 7.54. The van der Waals surface area contributed by atoms with Crippen molar-refractivity contribution in [1.29, 1.82) is 0 Å². The molecule has 6 nitrogen and oxygen atoms in total. The number of rotatable bonds is 6. The monoisotopic (exact) mass is 453 g/mol. The van der Waals surface area contributed by atoms with Gasteiger partial charge in [0.15, 0.2) is 5.69 Å². The Balaban J connectivity index is 3.25. The Kier molecular flexibility index (Phi) is 6.45. The number of benzene rings is 1. The second-order valence-electron chi connectivity index (χ2n) is 5.00. The lowest BCUT2D eigenvalue weighted by molar-refractivity contribution is -0.991. The first-order valence-electron chi connectivity index (χ1n) is 6.60. The molecule has 2 atom stereocenters. The lowest BCUT2D eigenvalue weighted by Crippen LogP contribution is -2.99. The fourth-order valence-electron chi connectivity index (χ4n) is 1.46. The molecule has 0 aromatic heterocycles. The highest BCUT2D eigenvalue weighted by Crippen LogP contribution is 2.51. The average Bonchev–Trinajstić information content (AvgIpc) is 2.52. The highest BCUT2D eigenvalue weighted by atomic mass is 19.4. The zero-order valence-corrected chi connectivity index (χ0v) is 13.0. The zero-order valence-electron chi connectivity index (χ0n) is 13.0. The number of quaternary nitrogens is 1. The topological polar surface area (TPSA) is 83.3 Å². The molecule has 0 amide bonds. The molecule has 0 heterocycles. The summed E-state index contributed by atoms with van der Waals surface area (Å²) in [5.74, 6) is -18.4. The Morgan fingerprint density at radius 3 is 1.66 bits per heavy atom. The van der Waals surface area contributed by atoms with Crippen LogP contribution >= 0.6 is 0 Å². The molecule has 0 saturated carbocycles. The van der Waals surface area contributed by atoms with E-state index in [0.717, 1.165) is 0 Å². The first-order chi connectivity index (χ1) is 12.8. The quantitative estimate of drug-likeness (QED) is 0.300. The van der Waals surface area contributed by atoms with Gasteiger partial charge in [-0.15, -0.1) is 0 Å². The normalized spacial score (nSPS) is 16.9. The molecule has 1 aromatic carbocycles. The summed E-state index contributed by atoms with van der Waals surface area (Å²) < 4.78 is 145. The van der Waals surface area contributed by atoms with Crippen molar-refractivity contribution in [3.05, 3.63) is 29.5 Å². The van der Waals surface area contributed by atoms with Crippen molar-refractivity contribution in [3.63, 3.8) is 0 Å². The molecule has 1 aromatic rings. The van der Waals surface area contributed by atoms with Crippen LogP contribution in [0.25, 0.3) is 0 Å². The Hall–Kier alpha value is -2.24. The maximum atomic E-state index is 13.9. The van der Waals surface area contributed by atoms with E-state index in [-0.39, 0.29) is 0 Å². The van der Waals surface area contributed by atoms with Crippen LogP contribution in [-0.2, 0) is 9.53 Å². The Labute approximate surface area is 151 Å². The first kappa shape index (κ1) is 24.8. The van der Waals surface area contributed by atoms with Crippen LogP contribution < -0.4 is 9.96 Å². The minimum absolute atomic E-state index is 0.431. The van der Waals surface area contributed by atoms with Crippen molar-refractivity contribution >= 4 is 11.7 Å². The standard InChI is InChI=1S/C12H6F11NO5/c13-8(10(16,17)18,29-12(22,23)9(14,15)11(19,20)21)7(25)28-6-3-1-5(2-4-6)24(26)27/h1-4,24,26H/t8-/m1/s1. The summed E-state index contributed by atoms with van der Waals surface area (Å²) in [6.07, 6.45) is -21.3. The minimum Gasteiger partial charge on any atom is -0.595 e. The summed E-state index contributed by atoms with van der Waals surface area (Å²) >= 11 is 0. The van der Waals surface area contributed by atoms with Gasteiger partial charge in [-0.05, 0) is 12.1 Å². The van der Waals surface area contributed by atoms with E-state index < -0.39 is 52.9 Å². The predicted octanol–water partition coefficient (Wildman–Crippen LogP) is 3.03. The van der Waals surface area contributed by atoms with E-state index in [0.29, 0.717) is 24.3 Å². The molecule has 0 radical (unpaired) electrons. The Morgan fingerprint density at radius 1 is 0.862 bits per heavy atom. The highest BCUT2D eigenvalue weighted by Gasteiger charge is 2.80. The molecule has 0 saturated heterocycles. The smallest absolute Gasteiger partial charge is 0.462 e. The molecule has 166 valence electrons. The van der Waals surface area contributed by atoms with Gasteiger partial charge in [-0.2, -0.15) is 53.5 Å². The van der Waals surface area contributed by atoms with Crippen molar-refractivity contribution in [2.24, 2.45) is 0 Å². The number of hydrogen-bond donors (Lipinski definition) is 2. The predicted molar refractivity (Wildman–Crippen MR) is 64.8 cm³/mol. The third-order valence-corrected chi connectivity index (χ3v) is 2.93. The molecule has 0 spiro atoms. The number of carbonyl (C=O) groups is 1. The SMILES string of the molecule is O=C(Oc1ccc([NH+]([O-])O)cc1)[C@@](F)(OC(F)(F)C(F)(F)C(F)(F)F)C(F)(F)F. The van der Waals surface area contributed by atoms with Crippen molar-refractivity contribution in [2.45, 2.75) is 30.2 Å². The van der Waals surface area contributed by atoms with E-state index in [1.807, 2.05) is 4.74 Å². The molecule has 0 bridgehead atoms. The van der Waals surface area contributed by atoms with Crippen LogP contribution in [0.3, 0.4) is 0 Å². The van der Waals surface area contributed by atoms with E-state index in [4.69, 9.17) is 5.21 Å². The fraction of sp³-hybridized carbons (Fsp3) is 0.417. The molecule has 0 aliphatic rings. The van der Waals surface area contributed by atoms with Crippen LogP contribution in [-0.4, -0.2) is 41.4 Å². The maximum Gasteiger partial charge on any atom is 0.462 e. The molecule has 0 aliphatic carbocycles. The van der Waals surface area contributed by atoms with E-state index in [9.17, 15) is 58.3 Å². The van der Waals surface area contributed by atoms with E-state index >= 15 is 0 Å². The summed E-state index contributed by atoms with van der Waals surface area (Å²) in [5, 5.41) is 17.6. The minimum atomic E-state index is -7.33. The third-order valence-electron chi connectivity index (χ3n) is 2.93. The summed E-state index contributed by atoms with van der Waals surface area (Å²) in [5.41, 5.74) is -0.528. The van der Waals surface area contributed by atoms with Crippen LogP contribution in [0.2, 0.25) is 0 Å². The molecular formula is C12H6F11NO5. The molecule has 17 heteroatoms. The van der Waals surface area contributed by atoms with Gasteiger partial charge in [0, 0.05) is 12.1 Å². The van der Waals surface area contributed by atoms with Crippen molar-refractivity contribution in [1.82, 2.24) is 0 Å². The van der Waals surface area contributed by atoms with E-state index in [2.05, 4.69) is 4.74 Å². The summed E-state index contributed by atoms with van der Waals surface area (Å²) in [6.45, 7) is 0. The maximum absolute atomic E-state index is 13.9. The van der Waals surface area contributed by atoms with Gasteiger partial charge in [-0.3, -0.25) is 4.74 Å². The van der Waals surface area contributed by atoms with Crippen LogP contribution in [0.1, 0.15) is 0 Å². The van der Waals surface area contributed by atoms with Crippen LogP contribution in [0.4, 0.5) is 54.0 Å². The Morgan fingerprint density at radius 2 is 1.31 bits per heavy atom. The zero-order chi connectivity index (χ0) is 23.1. The van der Waals surface area contributed by atoms with E-state index in [1.165, 1.54) is 0 Å². The molecule has 0 aliphatic heterocycles. The fourth-order valence-corrected chi connectivity index (χ4v) is 1.46. The average molecular weight is 453 g/mol. The number of nitrogens with one attached hydrogen (secondary N) is 1. The molecule has 1 unspecified atom stereocenters. The van der Waals surface area contributed by atoms with Crippen LogP contribution in [0.15, 0.2) is 24.3 Å².